The molecule has 0 fully saturated rings. The molecule has 152 valence electrons. The Kier molecular flexibility index (Phi) is 4.96. The van der Waals surface area contributed by atoms with Crippen molar-refractivity contribution in [3.63, 3.8) is 0 Å². The van der Waals surface area contributed by atoms with E-state index >= 15 is 0 Å². The van der Waals surface area contributed by atoms with Crippen LogP contribution in [0.2, 0.25) is 0 Å². The molecule has 1 unspecified atom stereocenters. The van der Waals surface area contributed by atoms with Gasteiger partial charge in [-0.25, -0.2) is 0 Å². The maximum atomic E-state index is 12.8. The predicted octanol–water partition coefficient (Wildman–Crippen LogP) is 2.43. The van der Waals surface area contributed by atoms with Gasteiger partial charge in [0.15, 0.2) is 0 Å². The molecule has 1 heterocycles. The van der Waals surface area contributed by atoms with Crippen LogP contribution < -0.4 is 16.8 Å². The number of fused-ring (bicyclic) bond motifs is 2. The molecule has 0 saturated heterocycles. The van der Waals surface area contributed by atoms with Crippen molar-refractivity contribution >= 4 is 32.9 Å². The number of nitrogens with one attached hydrogen (secondary N) is 1. The molecule has 0 bridgehead atoms. The summed E-state index contributed by atoms with van der Waals surface area (Å²) in [6.07, 6.45) is 7.61. The molecule has 8 nitrogen and oxygen atoms in total. The molecule has 1 atom stereocenters. The van der Waals surface area contributed by atoms with Crippen molar-refractivity contribution in [2.24, 2.45) is 15.9 Å². The van der Waals surface area contributed by atoms with E-state index in [1.54, 1.807) is 12.1 Å². The number of nitrogens with two attached hydrogens (primary N) is 2. The lowest BCUT2D eigenvalue weighted by Crippen LogP contribution is -2.28. The highest BCUT2D eigenvalue weighted by atomic mass is 32.2. The summed E-state index contributed by atoms with van der Waals surface area (Å²) in [7, 11) is -3.93. The average Bonchev–Trinajstić information content (AvgIpc) is 2.73. The Morgan fingerprint density at radius 1 is 1.07 bits per heavy atom. The van der Waals surface area contributed by atoms with E-state index in [0.717, 1.165) is 27.2 Å². The first kappa shape index (κ1) is 19.6. The molecule has 2 aromatic carbocycles. The molecule has 5 N–H and O–H groups in total. The Labute approximate surface area is 173 Å². The lowest BCUT2D eigenvalue weighted by Gasteiger charge is -2.22. The summed E-state index contributed by atoms with van der Waals surface area (Å²) in [6, 6.07) is 13.3. The third-order valence-corrected chi connectivity index (χ3v) is 6.23. The van der Waals surface area contributed by atoms with Gasteiger partial charge in [0.1, 0.15) is 0 Å². The van der Waals surface area contributed by atoms with Crippen molar-refractivity contribution < 1.29 is 13.2 Å². The zero-order valence-corrected chi connectivity index (χ0v) is 16.7. The monoisotopic (exact) mass is 422 g/mol. The molecule has 1 aliphatic carbocycles. The molecule has 1 aliphatic heterocycles. The van der Waals surface area contributed by atoms with Crippen molar-refractivity contribution in [3.8, 4) is 0 Å². The third-order valence-electron chi connectivity index (χ3n) is 4.91. The fourth-order valence-corrected chi connectivity index (χ4v) is 4.43. The number of para-hydroxylation sites is 1. The molecule has 9 heteroatoms. The molecule has 4 rings (SSSR count). The Bertz CT molecular complexity index is 1240. The molecule has 0 saturated carbocycles. The molecule has 2 aliphatic rings. The average molecular weight is 422 g/mol. The van der Waals surface area contributed by atoms with Crippen LogP contribution in [-0.4, -0.2) is 31.7 Å². The zero-order chi connectivity index (χ0) is 21.3. The minimum absolute atomic E-state index is 0.00565. The Morgan fingerprint density at radius 2 is 1.80 bits per heavy atom. The van der Waals surface area contributed by atoms with Crippen LogP contribution in [0.15, 0.2) is 87.7 Å². The summed E-state index contributed by atoms with van der Waals surface area (Å²) in [6.45, 7) is 0.467. The van der Waals surface area contributed by atoms with Gasteiger partial charge in [0.05, 0.1) is 10.5 Å². The van der Waals surface area contributed by atoms with Crippen LogP contribution in [0.1, 0.15) is 5.56 Å². The second-order valence-electron chi connectivity index (χ2n) is 6.83. The Morgan fingerprint density at radius 3 is 2.53 bits per heavy atom. The number of hydrogen-bond acceptors (Lipinski definition) is 4. The molecule has 2 aromatic rings. The summed E-state index contributed by atoms with van der Waals surface area (Å²) >= 11 is 0. The van der Waals surface area contributed by atoms with E-state index in [0.29, 0.717) is 12.2 Å². The van der Waals surface area contributed by atoms with Gasteiger partial charge in [-0.05, 0) is 42.0 Å². The highest BCUT2D eigenvalue weighted by Crippen LogP contribution is 2.38. The van der Waals surface area contributed by atoms with E-state index in [1.807, 2.05) is 48.6 Å². The minimum Gasteiger partial charge on any atom is -0.381 e. The first-order chi connectivity index (χ1) is 14.4. The van der Waals surface area contributed by atoms with Crippen LogP contribution in [0.25, 0.3) is 5.57 Å². The first-order valence-electron chi connectivity index (χ1n) is 9.20. The van der Waals surface area contributed by atoms with Crippen LogP contribution in [0.4, 0.5) is 11.4 Å². The number of hydrogen-bond donors (Lipinski definition) is 3. The first-order valence-corrected chi connectivity index (χ1v) is 10.6. The fourth-order valence-electron chi connectivity index (χ4n) is 3.56. The summed E-state index contributed by atoms with van der Waals surface area (Å²) in [5.74, 6) is -0.516. The van der Waals surface area contributed by atoms with Gasteiger partial charge < -0.3 is 16.8 Å². The molecular weight excluding hydrogens is 402 g/mol. The largest absolute Gasteiger partial charge is 0.381 e. The highest BCUT2D eigenvalue weighted by molar-refractivity contribution is 7.90. The van der Waals surface area contributed by atoms with Gasteiger partial charge in [0.25, 0.3) is 21.8 Å². The van der Waals surface area contributed by atoms with Crippen LogP contribution in [-0.2, 0) is 10.0 Å². The van der Waals surface area contributed by atoms with E-state index in [4.69, 9.17) is 11.5 Å². The number of anilines is 1. The summed E-state index contributed by atoms with van der Waals surface area (Å²) in [5.41, 5.74) is 14.5. The van der Waals surface area contributed by atoms with Crippen molar-refractivity contribution in [1.82, 2.24) is 0 Å². The van der Waals surface area contributed by atoms with Gasteiger partial charge in [-0.15, -0.1) is 4.40 Å². The second-order valence-corrected chi connectivity index (χ2v) is 8.44. The summed E-state index contributed by atoms with van der Waals surface area (Å²) in [5, 5.41) is 3.31. The van der Waals surface area contributed by atoms with E-state index in [-0.39, 0.29) is 10.9 Å². The smallest absolute Gasteiger partial charge is 0.285 e. The van der Waals surface area contributed by atoms with Crippen LogP contribution in [0.3, 0.4) is 0 Å². The zero-order valence-electron chi connectivity index (χ0n) is 15.9. The van der Waals surface area contributed by atoms with Crippen LogP contribution in [0, 0.1) is 4.91 Å². The predicted molar refractivity (Wildman–Crippen MR) is 117 cm³/mol. The fraction of sp³-hybridized carbons (Fsp3) is 0.0952. The maximum absolute atomic E-state index is 12.8. The summed E-state index contributed by atoms with van der Waals surface area (Å²) in [4.78, 5) is 12.8. The molecule has 0 aromatic heterocycles. The van der Waals surface area contributed by atoms with Crippen LogP contribution in [0.5, 0.6) is 0 Å². The van der Waals surface area contributed by atoms with Gasteiger partial charge >= 0.3 is 0 Å². The molecule has 0 radical (unpaired) electrons. The van der Waals surface area contributed by atoms with Gasteiger partial charge in [-0.3, -0.25) is 0 Å². The second kappa shape index (κ2) is 7.60. The molecule has 30 heavy (non-hydrogen) atoms. The maximum Gasteiger partial charge on any atom is 0.285 e. The van der Waals surface area contributed by atoms with E-state index in [9.17, 15) is 13.3 Å². The number of guanidine groups is 1. The molecule has 0 amide bonds. The molecule has 0 spiro atoms. The van der Waals surface area contributed by atoms with Crippen molar-refractivity contribution in [2.45, 2.75) is 10.9 Å². The number of nitrogens with zero attached hydrogens (tertiary/aromatic N) is 2. The quantitative estimate of drug-likeness (QED) is 0.385. The van der Waals surface area contributed by atoms with Gasteiger partial charge in [0.2, 0.25) is 5.96 Å². The number of sulfonamides is 1. The van der Waals surface area contributed by atoms with Crippen molar-refractivity contribution in [3.05, 3.63) is 88.9 Å². The lowest BCUT2D eigenvalue weighted by atomic mass is 9.87. The minimum atomic E-state index is -3.93. The van der Waals surface area contributed by atoms with E-state index in [1.165, 1.54) is 12.1 Å². The van der Waals surface area contributed by atoms with E-state index < -0.39 is 16.0 Å². The normalized spacial score (nSPS) is 17.3. The third kappa shape index (κ3) is 3.62. The van der Waals surface area contributed by atoms with Gasteiger partial charge in [0, 0.05) is 33.5 Å². The number of rotatable bonds is 5. The van der Waals surface area contributed by atoms with Crippen molar-refractivity contribution in [1.29, 1.82) is 0 Å². The highest BCUT2D eigenvalue weighted by Gasteiger charge is 2.38. The number of benzene rings is 2. The number of allylic oxidation sites excluding steroid dienone is 2. The van der Waals surface area contributed by atoms with Gasteiger partial charge in [-0.1, -0.05) is 30.4 Å². The van der Waals surface area contributed by atoms with Gasteiger partial charge in [-0.2, -0.15) is 8.42 Å². The SMILES string of the molecule is NC(N)=NS(=O)(=O)c1ccc(NCC2=C3C=CC=CC3[N+](=O)c3ccccc32)cc1. The number of nitroso groups, excluding NO2 is 1. The molecular formula is C21H20N5O3S+. The Balaban J connectivity index is 1.62. The summed E-state index contributed by atoms with van der Waals surface area (Å²) < 4.78 is 28.4. The van der Waals surface area contributed by atoms with Crippen LogP contribution >= 0.6 is 0 Å². The van der Waals surface area contributed by atoms with Crippen molar-refractivity contribution in [2.75, 3.05) is 11.9 Å². The Hall–Kier alpha value is -3.72. The lowest BCUT2D eigenvalue weighted by molar-refractivity contribution is -0.483. The standard InChI is InChI=1S/C21H20N5O3S/c22-21(23)25-30(28,29)15-11-9-14(10-12-15)24-13-18-16-5-1-3-7-19(16)26(27)20-8-4-2-6-17(18)20/h1-12,19,24H,13H2,(H4,22,23,25)/q+1. The van der Waals surface area contributed by atoms with E-state index in [2.05, 4.69) is 9.71 Å². The topological polar surface area (TPSA) is 131 Å².